The number of para-hydroxylation sites is 1. The third-order valence-corrected chi connectivity index (χ3v) is 1.71. The van der Waals surface area contributed by atoms with Gasteiger partial charge in [0.15, 0.2) is 5.75 Å². The maximum Gasteiger partial charge on any atom is 0.269 e. The first-order chi connectivity index (χ1) is 5.20. The van der Waals surface area contributed by atoms with Crippen LogP contribution in [0.1, 0.15) is 0 Å². The first-order valence-electron chi connectivity index (χ1n) is 2.78. The van der Waals surface area contributed by atoms with Crippen molar-refractivity contribution in [3.8, 4) is 5.75 Å². The highest BCUT2D eigenvalue weighted by atomic mass is 32.2. The van der Waals surface area contributed by atoms with E-state index in [1.165, 1.54) is 12.1 Å². The van der Waals surface area contributed by atoms with Crippen LogP contribution in [0.3, 0.4) is 0 Å². The van der Waals surface area contributed by atoms with Crippen LogP contribution in [0.4, 0.5) is 0 Å². The Kier molecular flexibility index (Phi) is 2.32. The Labute approximate surface area is 67.1 Å². The molecular weight excluding hydrogens is 166 g/mol. The van der Waals surface area contributed by atoms with Gasteiger partial charge in [0.1, 0.15) is 9.22 Å². The summed E-state index contributed by atoms with van der Waals surface area (Å²) >= 11 is 0.335. The summed E-state index contributed by atoms with van der Waals surface area (Å²) in [5.41, 5.74) is 0. The average Bonchev–Trinajstić information content (AvgIpc) is 1.93. The highest BCUT2D eigenvalue weighted by Crippen LogP contribution is 2.27. The highest BCUT2D eigenvalue weighted by Gasteiger charge is 2.10. The zero-order chi connectivity index (χ0) is 8.27. The lowest BCUT2D eigenvalue weighted by Gasteiger charge is -1.90. The van der Waals surface area contributed by atoms with Crippen molar-refractivity contribution in [2.45, 2.75) is 4.90 Å². The van der Waals surface area contributed by atoms with Crippen molar-refractivity contribution in [2.75, 3.05) is 0 Å². The van der Waals surface area contributed by atoms with Gasteiger partial charge in [0, 0.05) is 0 Å². The number of rotatable bonds is 2. The molecule has 0 unspecified atom stereocenters. The van der Waals surface area contributed by atoms with E-state index >= 15 is 0 Å². The van der Waals surface area contributed by atoms with Gasteiger partial charge in [-0.1, -0.05) is 12.1 Å². The SMILES string of the molecule is [O]c1ccccc1S[N+](=O)[O-]. The Bertz CT molecular complexity index is 276. The quantitative estimate of drug-likeness (QED) is 0.388. The summed E-state index contributed by atoms with van der Waals surface area (Å²) < 4.78 is -0.600. The van der Waals surface area contributed by atoms with Crippen molar-refractivity contribution in [1.29, 1.82) is 0 Å². The lowest BCUT2D eigenvalue weighted by molar-refractivity contribution is -0.284. The lowest BCUT2D eigenvalue weighted by Crippen LogP contribution is -1.82. The number of nitrogens with zero attached hydrogens (tertiary/aromatic N) is 1. The molecule has 0 heterocycles. The molecule has 0 aromatic heterocycles. The zero-order valence-corrected chi connectivity index (χ0v) is 6.21. The second kappa shape index (κ2) is 3.25. The van der Waals surface area contributed by atoms with Crippen LogP contribution < -0.4 is 0 Å². The van der Waals surface area contributed by atoms with Crippen molar-refractivity contribution in [3.05, 3.63) is 34.4 Å². The van der Waals surface area contributed by atoms with Crippen molar-refractivity contribution in [3.63, 3.8) is 0 Å². The fourth-order valence-electron chi connectivity index (χ4n) is 0.606. The molecule has 0 aliphatic heterocycles. The van der Waals surface area contributed by atoms with E-state index in [4.69, 9.17) is 0 Å². The maximum atomic E-state index is 10.8. The Balaban J connectivity index is 2.86. The molecule has 0 N–H and O–H groups in total. The molecule has 1 aromatic rings. The number of hydrogen-bond donors (Lipinski definition) is 0. The van der Waals surface area contributed by atoms with E-state index in [1.807, 2.05) is 0 Å². The van der Waals surface area contributed by atoms with E-state index in [2.05, 4.69) is 0 Å². The number of hydrogen-bond acceptors (Lipinski definition) is 3. The second-order valence-corrected chi connectivity index (χ2v) is 2.68. The average molecular weight is 170 g/mol. The van der Waals surface area contributed by atoms with Gasteiger partial charge in [0.2, 0.25) is 0 Å². The molecule has 0 saturated heterocycles. The minimum Gasteiger partial charge on any atom is -0.288 e. The van der Waals surface area contributed by atoms with Gasteiger partial charge in [-0.25, -0.2) is 0 Å². The molecule has 1 radical (unpaired) electrons. The van der Waals surface area contributed by atoms with Gasteiger partial charge < -0.3 is 0 Å². The van der Waals surface area contributed by atoms with Gasteiger partial charge >= 0.3 is 0 Å². The minimum atomic E-state index is -0.600. The molecule has 1 rings (SSSR count). The Morgan fingerprint density at radius 1 is 1.36 bits per heavy atom. The summed E-state index contributed by atoms with van der Waals surface area (Å²) in [6.45, 7) is 0. The fraction of sp³-hybridized carbons (Fsp3) is 0. The largest absolute Gasteiger partial charge is 0.288 e. The molecule has 1 aromatic carbocycles. The monoisotopic (exact) mass is 170 g/mol. The molecule has 57 valence electrons. The molecular formula is C6H4NO3S. The Hall–Kier alpha value is -1.23. The van der Waals surface area contributed by atoms with Crippen LogP contribution >= 0.6 is 11.9 Å². The normalized spacial score (nSPS) is 9.45. The molecule has 0 aliphatic carbocycles. The second-order valence-electron chi connectivity index (χ2n) is 1.76. The van der Waals surface area contributed by atoms with Crippen molar-refractivity contribution in [2.24, 2.45) is 0 Å². The Morgan fingerprint density at radius 2 is 2.00 bits per heavy atom. The molecule has 11 heavy (non-hydrogen) atoms. The Morgan fingerprint density at radius 3 is 2.55 bits per heavy atom. The van der Waals surface area contributed by atoms with Crippen molar-refractivity contribution in [1.82, 2.24) is 0 Å². The molecule has 0 aliphatic rings. The summed E-state index contributed by atoms with van der Waals surface area (Å²) in [5.74, 6) is -0.311. The van der Waals surface area contributed by atoms with Gasteiger partial charge in [-0.3, -0.25) is 15.2 Å². The summed E-state index contributed by atoms with van der Waals surface area (Å²) in [6, 6.07) is 5.86. The predicted molar refractivity (Wildman–Crippen MR) is 39.4 cm³/mol. The van der Waals surface area contributed by atoms with Crippen LogP contribution in [-0.2, 0) is 5.11 Å². The van der Waals surface area contributed by atoms with E-state index in [0.717, 1.165) is 0 Å². The smallest absolute Gasteiger partial charge is 0.269 e. The lowest BCUT2D eigenvalue weighted by atomic mass is 10.3. The van der Waals surface area contributed by atoms with Crippen LogP contribution in [0.5, 0.6) is 5.75 Å². The molecule has 0 amide bonds. The maximum absolute atomic E-state index is 10.8. The van der Waals surface area contributed by atoms with E-state index in [1.54, 1.807) is 12.1 Å². The summed E-state index contributed by atoms with van der Waals surface area (Å²) in [7, 11) is 0. The molecule has 0 bridgehead atoms. The van der Waals surface area contributed by atoms with Crippen LogP contribution in [0.25, 0.3) is 0 Å². The third-order valence-electron chi connectivity index (χ3n) is 1.02. The topological polar surface area (TPSA) is 63.0 Å². The van der Waals surface area contributed by atoms with Crippen LogP contribution in [0.2, 0.25) is 0 Å². The fourth-order valence-corrected chi connectivity index (χ4v) is 1.06. The zero-order valence-electron chi connectivity index (χ0n) is 5.39. The highest BCUT2D eigenvalue weighted by molar-refractivity contribution is 7.93. The molecule has 4 nitrogen and oxygen atoms in total. The third kappa shape index (κ3) is 2.12. The van der Waals surface area contributed by atoms with Gasteiger partial charge in [0.25, 0.3) is 11.9 Å². The first kappa shape index (κ1) is 7.87. The van der Waals surface area contributed by atoms with Gasteiger partial charge in [0.05, 0.1) is 0 Å². The van der Waals surface area contributed by atoms with E-state index in [0.29, 0.717) is 11.9 Å². The summed E-state index contributed by atoms with van der Waals surface area (Å²) in [6.07, 6.45) is 0. The standard InChI is InChI=1S/C6H4NO3S/c8-5-3-1-2-4-6(5)11-7(9)10/h1-4H. The van der Waals surface area contributed by atoms with E-state index in [9.17, 15) is 15.2 Å². The van der Waals surface area contributed by atoms with Crippen molar-refractivity contribution < 1.29 is 9.44 Å². The predicted octanol–water partition coefficient (Wildman–Crippen LogP) is 2.11. The summed E-state index contributed by atoms with van der Waals surface area (Å²) in [4.78, 5) is 10.1. The van der Waals surface area contributed by atoms with Gasteiger partial charge in [-0.2, -0.15) is 0 Å². The number of nitro groups is 1. The molecule has 0 fully saturated rings. The van der Waals surface area contributed by atoms with Crippen LogP contribution in [0.15, 0.2) is 29.2 Å². The van der Waals surface area contributed by atoms with E-state index < -0.39 is 4.33 Å². The van der Waals surface area contributed by atoms with Crippen molar-refractivity contribution >= 4 is 11.9 Å². The molecule has 0 spiro atoms. The van der Waals surface area contributed by atoms with Gasteiger partial charge in [-0.05, 0) is 12.1 Å². The number of benzene rings is 1. The first-order valence-corrected chi connectivity index (χ1v) is 3.56. The van der Waals surface area contributed by atoms with Crippen LogP contribution in [0, 0.1) is 10.1 Å². The van der Waals surface area contributed by atoms with Gasteiger partial charge in [-0.15, -0.1) is 0 Å². The summed E-state index contributed by atoms with van der Waals surface area (Å²) in [5, 5.41) is 20.8. The molecule has 0 atom stereocenters. The van der Waals surface area contributed by atoms with E-state index in [-0.39, 0.29) is 10.6 Å². The van der Waals surface area contributed by atoms with Crippen LogP contribution in [-0.4, -0.2) is 4.33 Å². The molecule has 0 saturated carbocycles. The molecule has 5 heteroatoms. The minimum absolute atomic E-state index is 0.150.